The molecule has 23 heavy (non-hydrogen) atoms. The molecule has 0 unspecified atom stereocenters. The lowest BCUT2D eigenvalue weighted by atomic mass is 10.2. The summed E-state index contributed by atoms with van der Waals surface area (Å²) in [5.41, 5.74) is 1.16. The average Bonchev–Trinajstić information content (AvgIpc) is 2.53. The van der Waals surface area contributed by atoms with Gasteiger partial charge >= 0.3 is 5.97 Å². The average molecular weight is 353 g/mol. The predicted octanol–water partition coefficient (Wildman–Crippen LogP) is 5.70. The van der Waals surface area contributed by atoms with Crippen molar-refractivity contribution in [3.63, 3.8) is 0 Å². The van der Waals surface area contributed by atoms with Crippen molar-refractivity contribution in [2.75, 3.05) is 6.61 Å². The molecule has 0 saturated carbocycles. The van der Waals surface area contributed by atoms with Gasteiger partial charge in [0.05, 0.1) is 12.2 Å². The van der Waals surface area contributed by atoms with E-state index in [4.69, 9.17) is 32.7 Å². The van der Waals surface area contributed by atoms with Crippen LogP contribution in [0, 0.1) is 6.92 Å². The third kappa shape index (κ3) is 4.88. The Morgan fingerprint density at radius 2 is 1.78 bits per heavy atom. The minimum Gasteiger partial charge on any atom is -0.494 e. The zero-order valence-electron chi connectivity index (χ0n) is 13.1. The number of carbonyl (C=O) groups is 1. The van der Waals surface area contributed by atoms with E-state index in [9.17, 15) is 4.79 Å². The van der Waals surface area contributed by atoms with Crippen molar-refractivity contribution >= 4 is 29.2 Å². The molecule has 0 radical (unpaired) electrons. The molecule has 5 heteroatoms. The maximum absolute atomic E-state index is 12.2. The Morgan fingerprint density at radius 1 is 1.09 bits per heavy atom. The minimum absolute atomic E-state index is 0.313. The summed E-state index contributed by atoms with van der Waals surface area (Å²) in [7, 11) is 0. The van der Waals surface area contributed by atoms with E-state index in [0.29, 0.717) is 33.7 Å². The van der Waals surface area contributed by atoms with E-state index >= 15 is 0 Å². The summed E-state index contributed by atoms with van der Waals surface area (Å²) in [5, 5.41) is 0.911. The minimum atomic E-state index is -0.484. The van der Waals surface area contributed by atoms with Gasteiger partial charge in [0.1, 0.15) is 11.5 Å². The lowest BCUT2D eigenvalue weighted by Gasteiger charge is -2.09. The largest absolute Gasteiger partial charge is 0.494 e. The topological polar surface area (TPSA) is 35.5 Å². The van der Waals surface area contributed by atoms with Gasteiger partial charge in [0.15, 0.2) is 0 Å². The van der Waals surface area contributed by atoms with Gasteiger partial charge in [0.25, 0.3) is 0 Å². The van der Waals surface area contributed by atoms with E-state index < -0.39 is 5.97 Å². The van der Waals surface area contributed by atoms with Gasteiger partial charge in [-0.3, -0.25) is 0 Å². The molecule has 0 atom stereocenters. The maximum atomic E-state index is 12.2. The van der Waals surface area contributed by atoms with E-state index in [1.54, 1.807) is 37.3 Å². The van der Waals surface area contributed by atoms with E-state index in [0.717, 1.165) is 18.4 Å². The molecule has 2 rings (SSSR count). The van der Waals surface area contributed by atoms with Gasteiger partial charge < -0.3 is 9.47 Å². The molecule has 2 aromatic rings. The van der Waals surface area contributed by atoms with Gasteiger partial charge in [-0.1, -0.05) is 42.6 Å². The first-order chi connectivity index (χ1) is 11.0. The number of esters is 1. The summed E-state index contributed by atoms with van der Waals surface area (Å²) in [6.07, 6.45) is 2.02. The van der Waals surface area contributed by atoms with Crippen molar-refractivity contribution in [2.24, 2.45) is 0 Å². The maximum Gasteiger partial charge on any atom is 0.343 e. The zero-order valence-corrected chi connectivity index (χ0v) is 14.6. The Kier molecular flexibility index (Phi) is 6.31. The van der Waals surface area contributed by atoms with Crippen molar-refractivity contribution in [2.45, 2.75) is 26.7 Å². The molecular weight excluding hydrogens is 335 g/mol. The van der Waals surface area contributed by atoms with Crippen LogP contribution in [0.25, 0.3) is 0 Å². The molecule has 0 aliphatic heterocycles. The molecule has 0 spiro atoms. The fraction of sp³-hybridized carbons (Fsp3) is 0.278. The first-order valence-corrected chi connectivity index (χ1v) is 8.17. The van der Waals surface area contributed by atoms with Crippen LogP contribution in [0.5, 0.6) is 11.5 Å². The van der Waals surface area contributed by atoms with Gasteiger partial charge in [-0.25, -0.2) is 4.79 Å². The Bertz CT molecular complexity index is 675. The predicted molar refractivity (Wildman–Crippen MR) is 93.0 cm³/mol. The Morgan fingerprint density at radius 3 is 2.43 bits per heavy atom. The third-order valence-corrected chi connectivity index (χ3v) is 4.09. The van der Waals surface area contributed by atoms with Crippen molar-refractivity contribution < 1.29 is 14.3 Å². The Hall–Kier alpha value is -1.71. The number of hydrogen-bond acceptors (Lipinski definition) is 3. The summed E-state index contributed by atoms with van der Waals surface area (Å²) in [4.78, 5) is 12.2. The van der Waals surface area contributed by atoms with E-state index in [2.05, 4.69) is 6.92 Å². The van der Waals surface area contributed by atoms with Crippen LogP contribution in [0.1, 0.15) is 35.7 Å². The molecule has 0 fully saturated rings. The van der Waals surface area contributed by atoms with Gasteiger partial charge in [-0.15, -0.1) is 0 Å². The van der Waals surface area contributed by atoms with E-state index in [1.807, 2.05) is 6.07 Å². The molecule has 0 heterocycles. The molecule has 0 N–H and O–H groups in total. The third-order valence-electron chi connectivity index (χ3n) is 3.30. The number of carbonyl (C=O) groups excluding carboxylic acids is 1. The van der Waals surface area contributed by atoms with E-state index in [-0.39, 0.29) is 0 Å². The number of benzene rings is 2. The number of halogens is 2. The molecule has 0 aromatic heterocycles. The van der Waals surface area contributed by atoms with E-state index in [1.165, 1.54) is 0 Å². The fourth-order valence-corrected chi connectivity index (χ4v) is 2.36. The van der Waals surface area contributed by atoms with Gasteiger partial charge in [0, 0.05) is 10.0 Å². The van der Waals surface area contributed by atoms with Crippen LogP contribution in [0.4, 0.5) is 0 Å². The van der Waals surface area contributed by atoms with Gasteiger partial charge in [-0.2, -0.15) is 0 Å². The summed E-state index contributed by atoms with van der Waals surface area (Å²) >= 11 is 12.1. The van der Waals surface area contributed by atoms with Crippen molar-refractivity contribution in [3.8, 4) is 11.5 Å². The summed E-state index contributed by atoms with van der Waals surface area (Å²) in [6, 6.07) is 10.0. The highest BCUT2D eigenvalue weighted by molar-refractivity contribution is 6.36. The highest BCUT2D eigenvalue weighted by Gasteiger charge is 2.12. The first kappa shape index (κ1) is 17.6. The summed E-state index contributed by atoms with van der Waals surface area (Å²) in [6.45, 7) is 4.51. The lowest BCUT2D eigenvalue weighted by molar-refractivity contribution is 0.0734. The van der Waals surface area contributed by atoms with Crippen molar-refractivity contribution in [1.29, 1.82) is 0 Å². The van der Waals surface area contributed by atoms with Crippen LogP contribution in [-0.4, -0.2) is 12.6 Å². The fourth-order valence-electron chi connectivity index (χ4n) is 1.89. The molecule has 0 amide bonds. The van der Waals surface area contributed by atoms with Crippen molar-refractivity contribution in [3.05, 3.63) is 57.6 Å². The molecule has 122 valence electrons. The number of unbranched alkanes of at least 4 members (excludes halogenated alkanes) is 1. The second kappa shape index (κ2) is 8.23. The normalized spacial score (nSPS) is 10.4. The number of ether oxygens (including phenoxy) is 2. The first-order valence-electron chi connectivity index (χ1n) is 7.42. The monoisotopic (exact) mass is 352 g/mol. The molecule has 3 nitrogen and oxygen atoms in total. The second-order valence-corrected chi connectivity index (χ2v) is 5.95. The smallest absolute Gasteiger partial charge is 0.343 e. The van der Waals surface area contributed by atoms with Gasteiger partial charge in [0.2, 0.25) is 0 Å². The van der Waals surface area contributed by atoms with Crippen LogP contribution in [-0.2, 0) is 0 Å². The van der Waals surface area contributed by atoms with Crippen LogP contribution >= 0.6 is 23.2 Å². The summed E-state index contributed by atoms with van der Waals surface area (Å²) in [5.74, 6) is 0.475. The molecule has 0 aliphatic rings. The molecule has 2 aromatic carbocycles. The molecule has 0 saturated heterocycles. The zero-order chi connectivity index (χ0) is 16.8. The quantitative estimate of drug-likeness (QED) is 0.380. The number of hydrogen-bond donors (Lipinski definition) is 0. The standard InChI is InChI=1S/C18H18Cl2O3/c1-3-4-8-22-14-7-5-6-13(9-14)18(21)23-15-10-16(19)12(2)17(20)11-15/h5-7,9-11H,3-4,8H2,1-2H3. The van der Waals surface area contributed by atoms with Crippen LogP contribution in [0.15, 0.2) is 36.4 Å². The van der Waals surface area contributed by atoms with Crippen molar-refractivity contribution in [1.82, 2.24) is 0 Å². The molecule has 0 bridgehead atoms. The Balaban J connectivity index is 2.10. The lowest BCUT2D eigenvalue weighted by Crippen LogP contribution is -2.09. The van der Waals surface area contributed by atoms with Gasteiger partial charge in [-0.05, 0) is 49.2 Å². The van der Waals surface area contributed by atoms with Crippen LogP contribution in [0.2, 0.25) is 10.0 Å². The highest BCUT2D eigenvalue weighted by atomic mass is 35.5. The number of rotatable bonds is 6. The van der Waals surface area contributed by atoms with Crippen LogP contribution < -0.4 is 9.47 Å². The summed E-state index contributed by atoms with van der Waals surface area (Å²) < 4.78 is 10.9. The SMILES string of the molecule is CCCCOc1cccc(C(=O)Oc2cc(Cl)c(C)c(Cl)c2)c1. The molecular formula is C18H18Cl2O3. The molecule has 0 aliphatic carbocycles. The van der Waals surface area contributed by atoms with Crippen LogP contribution in [0.3, 0.4) is 0 Å². The second-order valence-electron chi connectivity index (χ2n) is 5.13. The Labute approximate surface area is 146 Å². The highest BCUT2D eigenvalue weighted by Crippen LogP contribution is 2.30.